The molecule has 0 aromatic carbocycles. The Hall–Kier alpha value is -1.97. The van der Waals surface area contributed by atoms with Crippen molar-refractivity contribution in [3.8, 4) is 6.07 Å². The summed E-state index contributed by atoms with van der Waals surface area (Å²) in [6, 6.07) is 1.69. The van der Waals surface area contributed by atoms with Crippen molar-refractivity contribution in [3.63, 3.8) is 0 Å². The summed E-state index contributed by atoms with van der Waals surface area (Å²) >= 11 is 0. The highest BCUT2D eigenvalue weighted by molar-refractivity contribution is 5.71. The van der Waals surface area contributed by atoms with Gasteiger partial charge >= 0.3 is 12.2 Å². The Kier molecular flexibility index (Phi) is 4.98. The van der Waals surface area contributed by atoms with Crippen molar-refractivity contribution >= 4 is 12.2 Å². The number of hydrogen-bond acceptors (Lipinski definition) is 5. The van der Waals surface area contributed by atoms with Crippen LogP contribution in [-0.4, -0.2) is 42.0 Å². The maximum Gasteiger partial charge on any atom is 0.412 e. The van der Waals surface area contributed by atoms with Gasteiger partial charge in [0.1, 0.15) is 11.7 Å². The van der Waals surface area contributed by atoms with Gasteiger partial charge in [-0.3, -0.25) is 5.32 Å². The zero-order chi connectivity index (χ0) is 14.5. The second kappa shape index (κ2) is 6.27. The summed E-state index contributed by atoms with van der Waals surface area (Å²) in [5.41, 5.74) is -0.678. The van der Waals surface area contributed by atoms with E-state index in [0.717, 1.165) is 12.8 Å². The van der Waals surface area contributed by atoms with E-state index in [1.807, 2.05) is 0 Å². The Bertz CT molecular complexity index is 377. The summed E-state index contributed by atoms with van der Waals surface area (Å²) in [4.78, 5) is 24.6. The van der Waals surface area contributed by atoms with Gasteiger partial charge in [-0.05, 0) is 33.6 Å². The number of amides is 2. The molecule has 2 amide bonds. The third-order valence-corrected chi connectivity index (χ3v) is 2.35. The monoisotopic (exact) mass is 269 g/mol. The van der Waals surface area contributed by atoms with Crippen LogP contribution in [0.3, 0.4) is 0 Å². The highest BCUT2D eigenvalue weighted by Gasteiger charge is 2.25. The number of ether oxygens (including phenoxy) is 2. The van der Waals surface area contributed by atoms with Crippen molar-refractivity contribution in [2.75, 3.05) is 13.1 Å². The van der Waals surface area contributed by atoms with Crippen LogP contribution in [0.15, 0.2) is 0 Å². The number of carbonyl (C=O) groups excluding carboxylic acids is 2. The SMILES string of the molecule is CC(C)(C)OC(=O)NC(C#N)OC(=O)N1CCCC1. The average Bonchev–Trinajstić information content (AvgIpc) is 2.78. The molecule has 0 aromatic heterocycles. The van der Waals surface area contributed by atoms with Gasteiger partial charge in [0.15, 0.2) is 0 Å². The second-order valence-corrected chi connectivity index (χ2v) is 5.23. The fourth-order valence-corrected chi connectivity index (χ4v) is 1.58. The Morgan fingerprint density at radius 1 is 1.32 bits per heavy atom. The van der Waals surface area contributed by atoms with Gasteiger partial charge in [-0.15, -0.1) is 0 Å². The van der Waals surface area contributed by atoms with Crippen LogP contribution in [0.5, 0.6) is 0 Å². The van der Waals surface area contributed by atoms with Crippen LogP contribution >= 0.6 is 0 Å². The number of alkyl carbamates (subject to hydrolysis) is 1. The highest BCUT2D eigenvalue weighted by atomic mass is 16.6. The summed E-state index contributed by atoms with van der Waals surface area (Å²) in [7, 11) is 0. The van der Waals surface area contributed by atoms with Gasteiger partial charge in [0.2, 0.25) is 0 Å². The number of rotatable bonds is 2. The second-order valence-electron chi connectivity index (χ2n) is 5.23. The fraction of sp³-hybridized carbons (Fsp3) is 0.750. The first kappa shape index (κ1) is 15.1. The van der Waals surface area contributed by atoms with Crippen molar-refractivity contribution in [1.82, 2.24) is 10.2 Å². The Balaban J connectivity index is 2.43. The first-order valence-electron chi connectivity index (χ1n) is 6.16. The lowest BCUT2D eigenvalue weighted by Gasteiger charge is -2.22. The number of nitrogens with zero attached hydrogens (tertiary/aromatic N) is 2. The van der Waals surface area contributed by atoms with E-state index < -0.39 is 24.0 Å². The topological polar surface area (TPSA) is 91.7 Å². The van der Waals surface area contributed by atoms with E-state index in [2.05, 4.69) is 5.32 Å². The van der Waals surface area contributed by atoms with Crippen molar-refractivity contribution in [1.29, 1.82) is 5.26 Å². The van der Waals surface area contributed by atoms with Crippen LogP contribution in [0.4, 0.5) is 9.59 Å². The maximum atomic E-state index is 11.6. The Morgan fingerprint density at radius 2 is 1.89 bits per heavy atom. The normalized spacial score (nSPS) is 16.4. The zero-order valence-corrected chi connectivity index (χ0v) is 11.4. The van der Waals surface area contributed by atoms with Gasteiger partial charge in [0.05, 0.1) is 0 Å². The predicted octanol–water partition coefficient (Wildman–Crippen LogP) is 1.59. The van der Waals surface area contributed by atoms with Crippen LogP contribution < -0.4 is 5.32 Å². The number of carbonyl (C=O) groups is 2. The number of nitrogens with one attached hydrogen (secondary N) is 1. The molecular weight excluding hydrogens is 250 g/mol. The largest absolute Gasteiger partial charge is 0.444 e. The van der Waals surface area contributed by atoms with Crippen molar-refractivity contribution in [2.45, 2.75) is 45.4 Å². The lowest BCUT2D eigenvalue weighted by Crippen LogP contribution is -2.43. The van der Waals surface area contributed by atoms with Crippen molar-refractivity contribution < 1.29 is 19.1 Å². The van der Waals surface area contributed by atoms with E-state index in [1.54, 1.807) is 26.8 Å². The smallest absolute Gasteiger partial charge is 0.412 e. The number of nitriles is 1. The molecule has 1 atom stereocenters. The summed E-state index contributed by atoms with van der Waals surface area (Å²) in [5.74, 6) is 0. The molecule has 7 heteroatoms. The average molecular weight is 269 g/mol. The van der Waals surface area contributed by atoms with Gasteiger partial charge in [0.25, 0.3) is 6.23 Å². The van der Waals surface area contributed by atoms with Crippen LogP contribution in [0, 0.1) is 11.3 Å². The van der Waals surface area contributed by atoms with Gasteiger partial charge < -0.3 is 14.4 Å². The molecule has 1 aliphatic rings. The molecule has 1 saturated heterocycles. The molecule has 0 aliphatic carbocycles. The highest BCUT2D eigenvalue weighted by Crippen LogP contribution is 2.10. The molecule has 0 radical (unpaired) electrons. The summed E-state index contributed by atoms with van der Waals surface area (Å²) in [6.45, 7) is 6.32. The molecule has 0 bridgehead atoms. The summed E-state index contributed by atoms with van der Waals surface area (Å²) in [5, 5.41) is 11.0. The molecule has 19 heavy (non-hydrogen) atoms. The maximum absolute atomic E-state index is 11.6. The molecule has 1 aliphatic heterocycles. The van der Waals surface area contributed by atoms with E-state index in [4.69, 9.17) is 14.7 Å². The fourth-order valence-electron chi connectivity index (χ4n) is 1.58. The molecule has 1 fully saturated rings. The van der Waals surface area contributed by atoms with E-state index in [0.29, 0.717) is 13.1 Å². The molecular formula is C12H19N3O4. The molecule has 0 aromatic rings. The Morgan fingerprint density at radius 3 is 2.37 bits per heavy atom. The van der Waals surface area contributed by atoms with E-state index >= 15 is 0 Å². The van der Waals surface area contributed by atoms with Gasteiger partial charge in [0, 0.05) is 13.1 Å². The predicted molar refractivity (Wildman–Crippen MR) is 66.1 cm³/mol. The van der Waals surface area contributed by atoms with Gasteiger partial charge in [-0.2, -0.15) is 5.26 Å². The first-order valence-corrected chi connectivity index (χ1v) is 6.16. The minimum Gasteiger partial charge on any atom is -0.444 e. The third-order valence-electron chi connectivity index (χ3n) is 2.35. The van der Waals surface area contributed by atoms with Crippen LogP contribution in [0.25, 0.3) is 0 Å². The van der Waals surface area contributed by atoms with E-state index in [1.165, 1.54) is 4.90 Å². The van der Waals surface area contributed by atoms with Crippen LogP contribution in [-0.2, 0) is 9.47 Å². The third kappa shape index (κ3) is 5.46. The molecule has 0 saturated carbocycles. The summed E-state index contributed by atoms with van der Waals surface area (Å²) < 4.78 is 9.85. The molecule has 1 heterocycles. The molecule has 1 unspecified atom stereocenters. The molecule has 106 valence electrons. The minimum absolute atomic E-state index is 0.597. The standard InChI is InChI=1S/C12H19N3O4/c1-12(2,3)19-10(16)14-9(8-13)18-11(17)15-6-4-5-7-15/h9H,4-7H2,1-3H3,(H,14,16). The van der Waals surface area contributed by atoms with Crippen molar-refractivity contribution in [2.24, 2.45) is 0 Å². The lowest BCUT2D eigenvalue weighted by atomic mass is 10.2. The quantitative estimate of drug-likeness (QED) is 0.768. The van der Waals surface area contributed by atoms with Crippen LogP contribution in [0.1, 0.15) is 33.6 Å². The van der Waals surface area contributed by atoms with Gasteiger partial charge in [-0.25, -0.2) is 9.59 Å². The van der Waals surface area contributed by atoms with Crippen molar-refractivity contribution in [3.05, 3.63) is 0 Å². The van der Waals surface area contributed by atoms with E-state index in [9.17, 15) is 9.59 Å². The van der Waals surface area contributed by atoms with Crippen LogP contribution in [0.2, 0.25) is 0 Å². The van der Waals surface area contributed by atoms with E-state index in [-0.39, 0.29) is 0 Å². The molecule has 1 N–H and O–H groups in total. The molecule has 0 spiro atoms. The molecule has 7 nitrogen and oxygen atoms in total. The van der Waals surface area contributed by atoms with Gasteiger partial charge in [-0.1, -0.05) is 0 Å². The lowest BCUT2D eigenvalue weighted by molar-refractivity contribution is 0.0339. The Labute approximate surface area is 112 Å². The summed E-state index contributed by atoms with van der Waals surface area (Å²) in [6.07, 6.45) is -0.895. The minimum atomic E-state index is -1.34. The number of likely N-dealkylation sites (tertiary alicyclic amines) is 1. The first-order chi connectivity index (χ1) is 8.81. The molecule has 1 rings (SSSR count). The zero-order valence-electron chi connectivity index (χ0n) is 11.4. The number of hydrogen-bond donors (Lipinski definition) is 1.